The largest absolute Gasteiger partial charge is 0.381 e. The van der Waals surface area contributed by atoms with E-state index in [2.05, 4.69) is 31.1 Å². The Kier molecular flexibility index (Phi) is 4.78. The Bertz CT molecular complexity index is 287. The van der Waals surface area contributed by atoms with Gasteiger partial charge in [0.05, 0.1) is 0 Å². The molecule has 18 heavy (non-hydrogen) atoms. The lowest BCUT2D eigenvalue weighted by atomic mass is 9.73. The molecule has 4 heteroatoms. The topological polar surface area (TPSA) is 52.6 Å². The maximum atomic E-state index is 11.7. The van der Waals surface area contributed by atoms with Crippen molar-refractivity contribution in [3.8, 4) is 0 Å². The number of likely N-dealkylation sites (tertiary alicyclic amines) is 1. The molecule has 0 radical (unpaired) electrons. The summed E-state index contributed by atoms with van der Waals surface area (Å²) in [5.41, 5.74) is -1.20. The van der Waals surface area contributed by atoms with Gasteiger partial charge in [0.15, 0.2) is 0 Å². The maximum absolute atomic E-state index is 11.7. The van der Waals surface area contributed by atoms with Crippen LogP contribution in [0, 0.1) is 11.3 Å². The zero-order valence-corrected chi connectivity index (χ0v) is 12.4. The molecule has 1 amide bonds. The molecule has 0 bridgehead atoms. The molecule has 2 N–H and O–H groups in total. The van der Waals surface area contributed by atoms with Gasteiger partial charge in [-0.05, 0) is 58.2 Å². The number of hydrogen-bond acceptors (Lipinski definition) is 3. The third-order valence-electron chi connectivity index (χ3n) is 4.08. The van der Waals surface area contributed by atoms with Gasteiger partial charge in [-0.25, -0.2) is 0 Å². The average molecular weight is 256 g/mol. The van der Waals surface area contributed by atoms with E-state index < -0.39 is 5.60 Å². The molecule has 0 atom stereocenters. The lowest BCUT2D eigenvalue weighted by Gasteiger charge is -2.40. The van der Waals surface area contributed by atoms with Gasteiger partial charge in [-0.15, -0.1) is 0 Å². The number of carbonyl (C=O) groups is 1. The van der Waals surface area contributed by atoms with Gasteiger partial charge in [0.1, 0.15) is 5.60 Å². The predicted octanol–water partition coefficient (Wildman–Crippen LogP) is 1.24. The number of piperidine rings is 1. The first-order chi connectivity index (χ1) is 8.13. The van der Waals surface area contributed by atoms with Crippen LogP contribution in [-0.2, 0) is 4.79 Å². The van der Waals surface area contributed by atoms with E-state index in [9.17, 15) is 9.90 Å². The highest BCUT2D eigenvalue weighted by Crippen LogP contribution is 2.34. The average Bonchev–Trinajstić information content (AvgIpc) is 2.25. The van der Waals surface area contributed by atoms with Crippen molar-refractivity contribution in [3.05, 3.63) is 0 Å². The number of aliphatic hydroxyl groups is 1. The van der Waals surface area contributed by atoms with Crippen LogP contribution in [0.4, 0.5) is 0 Å². The zero-order valence-electron chi connectivity index (χ0n) is 12.4. The van der Waals surface area contributed by atoms with Crippen LogP contribution >= 0.6 is 0 Å². The minimum Gasteiger partial charge on any atom is -0.381 e. The Hall–Kier alpha value is -0.610. The third-order valence-corrected chi connectivity index (χ3v) is 4.08. The fourth-order valence-electron chi connectivity index (χ4n) is 2.46. The van der Waals surface area contributed by atoms with Crippen molar-refractivity contribution in [2.24, 2.45) is 11.3 Å². The van der Waals surface area contributed by atoms with E-state index in [1.165, 1.54) is 26.7 Å². The molecule has 0 saturated carbocycles. The van der Waals surface area contributed by atoms with Gasteiger partial charge < -0.3 is 15.3 Å². The molecule has 106 valence electrons. The van der Waals surface area contributed by atoms with E-state index >= 15 is 0 Å². The first kappa shape index (κ1) is 15.4. The van der Waals surface area contributed by atoms with Crippen LogP contribution in [0.3, 0.4) is 0 Å². The van der Waals surface area contributed by atoms with Crippen LogP contribution < -0.4 is 5.32 Å². The summed E-state index contributed by atoms with van der Waals surface area (Å²) in [6.07, 6.45) is 2.36. The smallest absolute Gasteiger partial charge is 0.251 e. The minimum atomic E-state index is -1.29. The van der Waals surface area contributed by atoms with Gasteiger partial charge in [-0.1, -0.05) is 13.8 Å². The number of amides is 1. The molecule has 1 aliphatic heterocycles. The Morgan fingerprint density at radius 3 is 2.22 bits per heavy atom. The van der Waals surface area contributed by atoms with Crippen LogP contribution in [0.15, 0.2) is 0 Å². The normalized spacial score (nSPS) is 19.9. The summed E-state index contributed by atoms with van der Waals surface area (Å²) in [5, 5.41) is 12.5. The summed E-state index contributed by atoms with van der Waals surface area (Å²) >= 11 is 0. The van der Waals surface area contributed by atoms with Crippen LogP contribution in [0.1, 0.15) is 40.5 Å². The van der Waals surface area contributed by atoms with Gasteiger partial charge in [0, 0.05) is 6.54 Å². The highest BCUT2D eigenvalue weighted by Gasteiger charge is 2.33. The first-order valence-corrected chi connectivity index (χ1v) is 6.82. The molecule has 0 aliphatic carbocycles. The minimum absolute atomic E-state index is 0.0855. The zero-order chi connectivity index (χ0) is 14.0. The van der Waals surface area contributed by atoms with E-state index in [0.29, 0.717) is 12.5 Å². The summed E-state index contributed by atoms with van der Waals surface area (Å²) in [6, 6.07) is 0. The molecule has 0 aromatic rings. The molecular weight excluding hydrogens is 228 g/mol. The van der Waals surface area contributed by atoms with Crippen molar-refractivity contribution < 1.29 is 9.90 Å². The van der Waals surface area contributed by atoms with E-state index in [1.54, 1.807) is 0 Å². The standard InChI is InChI=1S/C14H28N2O2/c1-13(2,10-15-12(17)14(3,4)18)11-6-8-16(5)9-7-11/h11,18H,6-10H2,1-5H3,(H,15,17). The Morgan fingerprint density at radius 2 is 1.78 bits per heavy atom. The number of carbonyl (C=O) groups excluding carboxylic acids is 1. The van der Waals surface area contributed by atoms with Crippen LogP contribution in [0.25, 0.3) is 0 Å². The number of rotatable bonds is 4. The lowest BCUT2D eigenvalue weighted by Crippen LogP contribution is -2.48. The number of hydrogen-bond donors (Lipinski definition) is 2. The number of nitrogens with zero attached hydrogens (tertiary/aromatic N) is 1. The van der Waals surface area contributed by atoms with E-state index in [4.69, 9.17) is 0 Å². The second-order valence-electron chi connectivity index (χ2n) is 6.81. The van der Waals surface area contributed by atoms with Crippen molar-refractivity contribution in [1.82, 2.24) is 10.2 Å². The molecule has 0 aromatic heterocycles. The molecular formula is C14H28N2O2. The molecule has 0 spiro atoms. The van der Waals surface area contributed by atoms with Crippen molar-refractivity contribution in [1.29, 1.82) is 0 Å². The van der Waals surface area contributed by atoms with Crippen LogP contribution in [0.5, 0.6) is 0 Å². The van der Waals surface area contributed by atoms with E-state index in [0.717, 1.165) is 13.1 Å². The second-order valence-corrected chi connectivity index (χ2v) is 6.81. The monoisotopic (exact) mass is 256 g/mol. The molecule has 0 aromatic carbocycles. The van der Waals surface area contributed by atoms with Gasteiger partial charge >= 0.3 is 0 Å². The second kappa shape index (κ2) is 5.57. The van der Waals surface area contributed by atoms with E-state index in [1.807, 2.05) is 0 Å². The molecule has 1 aliphatic rings. The van der Waals surface area contributed by atoms with Gasteiger partial charge in [-0.3, -0.25) is 4.79 Å². The van der Waals surface area contributed by atoms with Gasteiger partial charge in [0.25, 0.3) is 5.91 Å². The van der Waals surface area contributed by atoms with Gasteiger partial charge in [-0.2, -0.15) is 0 Å². The molecule has 1 heterocycles. The molecule has 1 fully saturated rings. The summed E-state index contributed by atoms with van der Waals surface area (Å²) in [6.45, 7) is 10.3. The van der Waals surface area contributed by atoms with Crippen LogP contribution in [-0.4, -0.2) is 48.2 Å². The summed E-state index contributed by atoms with van der Waals surface area (Å²) < 4.78 is 0. The molecule has 4 nitrogen and oxygen atoms in total. The fourth-order valence-corrected chi connectivity index (χ4v) is 2.46. The van der Waals surface area contributed by atoms with Crippen LogP contribution in [0.2, 0.25) is 0 Å². The van der Waals surface area contributed by atoms with E-state index in [-0.39, 0.29) is 11.3 Å². The third kappa shape index (κ3) is 4.25. The summed E-state index contributed by atoms with van der Waals surface area (Å²) in [5.74, 6) is 0.347. The fraction of sp³-hybridized carbons (Fsp3) is 0.929. The highest BCUT2D eigenvalue weighted by atomic mass is 16.3. The van der Waals surface area contributed by atoms with Crippen molar-refractivity contribution in [3.63, 3.8) is 0 Å². The van der Waals surface area contributed by atoms with Gasteiger partial charge in [0.2, 0.25) is 0 Å². The summed E-state index contributed by atoms with van der Waals surface area (Å²) in [7, 11) is 2.15. The van der Waals surface area contributed by atoms with Crippen molar-refractivity contribution in [2.75, 3.05) is 26.7 Å². The summed E-state index contributed by atoms with van der Waals surface area (Å²) in [4.78, 5) is 14.0. The highest BCUT2D eigenvalue weighted by molar-refractivity contribution is 5.83. The first-order valence-electron chi connectivity index (χ1n) is 6.82. The lowest BCUT2D eigenvalue weighted by molar-refractivity contribution is -0.137. The molecule has 1 saturated heterocycles. The Labute approximate surface area is 111 Å². The Balaban J connectivity index is 2.47. The van der Waals surface area contributed by atoms with Crippen molar-refractivity contribution in [2.45, 2.75) is 46.1 Å². The SMILES string of the molecule is CN1CCC(C(C)(C)CNC(=O)C(C)(C)O)CC1. The molecule has 0 unspecified atom stereocenters. The molecule has 1 rings (SSSR count). The quantitative estimate of drug-likeness (QED) is 0.796. The predicted molar refractivity (Wildman–Crippen MR) is 73.3 cm³/mol. The Morgan fingerprint density at radius 1 is 1.28 bits per heavy atom. The number of nitrogens with one attached hydrogen (secondary N) is 1. The maximum Gasteiger partial charge on any atom is 0.251 e. The van der Waals surface area contributed by atoms with Crippen molar-refractivity contribution >= 4 is 5.91 Å².